The van der Waals surface area contributed by atoms with Crippen molar-refractivity contribution in [3.8, 4) is 0 Å². The molecule has 0 aliphatic carbocycles. The lowest BCUT2D eigenvalue weighted by Gasteiger charge is -2.30. The van der Waals surface area contributed by atoms with Gasteiger partial charge in [0.05, 0.1) is 7.11 Å². The molecule has 1 N–H and O–H groups in total. The number of methoxy groups -OCH3 is 1. The van der Waals surface area contributed by atoms with Crippen molar-refractivity contribution in [1.29, 1.82) is 0 Å². The maximum atomic E-state index is 11.8. The third-order valence-corrected chi connectivity index (χ3v) is 3.50. The van der Waals surface area contributed by atoms with Crippen LogP contribution in [0.3, 0.4) is 0 Å². The molecule has 0 atom stereocenters. The molecular formula is C12H22N2O3S. The molecule has 0 radical (unpaired) electrons. The lowest BCUT2D eigenvalue weighted by molar-refractivity contribution is -0.126. The summed E-state index contributed by atoms with van der Waals surface area (Å²) < 4.78 is 4.66. The molecule has 0 aromatic carbocycles. The summed E-state index contributed by atoms with van der Waals surface area (Å²) >= 11 is 4.12. The summed E-state index contributed by atoms with van der Waals surface area (Å²) in [7, 11) is 1.38. The molecule has 5 nitrogen and oxygen atoms in total. The Labute approximate surface area is 114 Å². The quantitative estimate of drug-likeness (QED) is 0.587. The summed E-state index contributed by atoms with van der Waals surface area (Å²) in [6, 6.07) is 0. The normalized spacial score (nSPS) is 16.4. The number of unbranched alkanes of at least 4 members (excludes halogenated alkanes) is 1. The van der Waals surface area contributed by atoms with Crippen molar-refractivity contribution in [3.63, 3.8) is 0 Å². The molecule has 6 heteroatoms. The molecule has 1 fully saturated rings. The van der Waals surface area contributed by atoms with Crippen LogP contribution in [0.2, 0.25) is 0 Å². The Kier molecular flexibility index (Phi) is 6.93. The van der Waals surface area contributed by atoms with E-state index in [4.69, 9.17) is 0 Å². The van der Waals surface area contributed by atoms with Gasteiger partial charge in [-0.15, -0.1) is 0 Å². The molecule has 0 aromatic rings. The third kappa shape index (κ3) is 4.76. The van der Waals surface area contributed by atoms with E-state index in [1.165, 1.54) is 7.11 Å². The average molecular weight is 274 g/mol. The fraction of sp³-hybridized carbons (Fsp3) is 0.833. The van der Waals surface area contributed by atoms with Crippen molar-refractivity contribution in [3.05, 3.63) is 0 Å². The van der Waals surface area contributed by atoms with Crippen LogP contribution < -0.4 is 5.32 Å². The molecule has 1 rings (SSSR count). The van der Waals surface area contributed by atoms with Crippen molar-refractivity contribution in [2.75, 3.05) is 32.5 Å². The molecule has 1 saturated heterocycles. The zero-order valence-electron chi connectivity index (χ0n) is 10.9. The van der Waals surface area contributed by atoms with Crippen molar-refractivity contribution < 1.29 is 14.3 Å². The van der Waals surface area contributed by atoms with Crippen molar-refractivity contribution in [2.45, 2.75) is 25.7 Å². The molecule has 18 heavy (non-hydrogen) atoms. The summed E-state index contributed by atoms with van der Waals surface area (Å²) in [5, 5.41) is 2.94. The summed E-state index contributed by atoms with van der Waals surface area (Å²) in [5.74, 6) is 0.994. The zero-order valence-corrected chi connectivity index (χ0v) is 11.7. The van der Waals surface area contributed by atoms with E-state index in [2.05, 4.69) is 22.7 Å². The maximum absolute atomic E-state index is 11.8. The van der Waals surface area contributed by atoms with Gasteiger partial charge in [0.25, 0.3) is 0 Å². The van der Waals surface area contributed by atoms with Gasteiger partial charge in [0.1, 0.15) is 0 Å². The minimum Gasteiger partial charge on any atom is -0.453 e. The fourth-order valence-electron chi connectivity index (χ4n) is 2.05. The number of hydrogen-bond donors (Lipinski definition) is 2. The second-order valence-electron chi connectivity index (χ2n) is 4.45. The van der Waals surface area contributed by atoms with Gasteiger partial charge >= 0.3 is 6.09 Å². The first kappa shape index (κ1) is 15.1. The first-order chi connectivity index (χ1) is 8.69. The Morgan fingerprint density at radius 3 is 2.56 bits per heavy atom. The number of likely N-dealkylation sites (tertiary alicyclic amines) is 1. The van der Waals surface area contributed by atoms with Crippen molar-refractivity contribution in [1.82, 2.24) is 10.2 Å². The molecule has 1 aliphatic heterocycles. The minimum absolute atomic E-state index is 0.0295. The van der Waals surface area contributed by atoms with Crippen LogP contribution in [0.25, 0.3) is 0 Å². The highest BCUT2D eigenvalue weighted by Crippen LogP contribution is 2.17. The molecule has 0 bridgehead atoms. The second kappa shape index (κ2) is 8.24. The number of nitrogens with one attached hydrogen (secondary N) is 1. The van der Waals surface area contributed by atoms with E-state index in [0.717, 1.165) is 25.1 Å². The van der Waals surface area contributed by atoms with Gasteiger partial charge in [0.2, 0.25) is 5.91 Å². The average Bonchev–Trinajstić information content (AvgIpc) is 2.42. The third-order valence-electron chi connectivity index (χ3n) is 3.18. The predicted octanol–water partition coefficient (Wildman–Crippen LogP) is 1.29. The number of piperidine rings is 1. The zero-order chi connectivity index (χ0) is 13.4. The van der Waals surface area contributed by atoms with Crippen molar-refractivity contribution in [2.24, 2.45) is 5.92 Å². The summed E-state index contributed by atoms with van der Waals surface area (Å²) in [6.45, 7) is 1.92. The second-order valence-corrected chi connectivity index (χ2v) is 4.90. The van der Waals surface area contributed by atoms with Gasteiger partial charge in [-0.25, -0.2) is 4.79 Å². The van der Waals surface area contributed by atoms with E-state index in [1.54, 1.807) is 4.90 Å². The van der Waals surface area contributed by atoms with Crippen LogP contribution in [0.5, 0.6) is 0 Å². The standard InChI is InChI=1S/C12H22N2O3S/c1-17-12(16)14-7-4-10(5-8-14)11(15)13-6-2-3-9-18/h10,18H,2-9H2,1H3,(H,13,15). The SMILES string of the molecule is COC(=O)N1CCC(C(=O)NCCCCS)CC1. The molecule has 0 unspecified atom stereocenters. The number of nitrogens with zero attached hydrogens (tertiary/aromatic N) is 1. The molecule has 0 aromatic heterocycles. The van der Waals surface area contributed by atoms with Crippen LogP contribution in [0.4, 0.5) is 4.79 Å². The molecule has 2 amide bonds. The summed E-state index contributed by atoms with van der Waals surface area (Å²) in [4.78, 5) is 24.8. The van der Waals surface area contributed by atoms with Gasteiger partial charge in [0.15, 0.2) is 0 Å². The van der Waals surface area contributed by atoms with Gasteiger partial charge < -0.3 is 15.0 Å². The van der Waals surface area contributed by atoms with Crippen LogP contribution in [0.1, 0.15) is 25.7 Å². The molecule has 0 saturated carbocycles. The van der Waals surface area contributed by atoms with E-state index < -0.39 is 0 Å². The molecule has 1 aliphatic rings. The van der Waals surface area contributed by atoms with Gasteiger partial charge in [-0.3, -0.25) is 4.79 Å². The highest BCUT2D eigenvalue weighted by Gasteiger charge is 2.27. The Bertz CT molecular complexity index is 278. The minimum atomic E-state index is -0.303. The molecule has 1 heterocycles. The number of carbonyl (C=O) groups is 2. The first-order valence-electron chi connectivity index (χ1n) is 6.40. The lowest BCUT2D eigenvalue weighted by atomic mass is 9.96. The van der Waals surface area contributed by atoms with E-state index >= 15 is 0 Å². The molecular weight excluding hydrogens is 252 g/mol. The van der Waals surface area contributed by atoms with E-state index in [9.17, 15) is 9.59 Å². The number of carbonyl (C=O) groups excluding carboxylic acids is 2. The summed E-state index contributed by atoms with van der Waals surface area (Å²) in [6.07, 6.45) is 3.11. The van der Waals surface area contributed by atoms with Gasteiger partial charge in [-0.1, -0.05) is 0 Å². The van der Waals surface area contributed by atoms with Gasteiger partial charge in [0, 0.05) is 25.6 Å². The van der Waals surface area contributed by atoms with Crippen LogP contribution in [-0.4, -0.2) is 49.4 Å². The van der Waals surface area contributed by atoms with E-state index in [0.29, 0.717) is 25.9 Å². The first-order valence-corrected chi connectivity index (χ1v) is 7.03. The number of ether oxygens (including phenoxy) is 1. The Balaban J connectivity index is 2.21. The lowest BCUT2D eigenvalue weighted by Crippen LogP contribution is -2.43. The number of amides is 2. The molecule has 0 spiro atoms. The largest absolute Gasteiger partial charge is 0.453 e. The van der Waals surface area contributed by atoms with Gasteiger partial charge in [-0.05, 0) is 31.4 Å². The van der Waals surface area contributed by atoms with Crippen LogP contribution >= 0.6 is 12.6 Å². The van der Waals surface area contributed by atoms with Crippen LogP contribution in [0.15, 0.2) is 0 Å². The van der Waals surface area contributed by atoms with E-state index in [1.807, 2.05) is 0 Å². The predicted molar refractivity (Wildman–Crippen MR) is 72.8 cm³/mol. The molecule has 104 valence electrons. The van der Waals surface area contributed by atoms with Crippen LogP contribution in [-0.2, 0) is 9.53 Å². The fourth-order valence-corrected chi connectivity index (χ4v) is 2.27. The van der Waals surface area contributed by atoms with Crippen LogP contribution in [0, 0.1) is 5.92 Å². The monoisotopic (exact) mass is 274 g/mol. The smallest absolute Gasteiger partial charge is 0.409 e. The highest BCUT2D eigenvalue weighted by molar-refractivity contribution is 7.80. The highest BCUT2D eigenvalue weighted by atomic mass is 32.1. The Hall–Kier alpha value is -0.910. The summed E-state index contributed by atoms with van der Waals surface area (Å²) in [5.41, 5.74) is 0. The van der Waals surface area contributed by atoms with Crippen molar-refractivity contribution >= 4 is 24.6 Å². The number of hydrogen-bond acceptors (Lipinski definition) is 4. The Morgan fingerprint density at radius 1 is 1.33 bits per heavy atom. The maximum Gasteiger partial charge on any atom is 0.409 e. The Morgan fingerprint density at radius 2 is 2.00 bits per heavy atom. The topological polar surface area (TPSA) is 58.6 Å². The van der Waals surface area contributed by atoms with Gasteiger partial charge in [-0.2, -0.15) is 12.6 Å². The number of thiol groups is 1. The van der Waals surface area contributed by atoms with E-state index in [-0.39, 0.29) is 17.9 Å². The number of rotatable bonds is 5.